The molecule has 0 heterocycles. The summed E-state index contributed by atoms with van der Waals surface area (Å²) < 4.78 is 8.19. The average Bonchev–Trinajstić information content (AvgIpc) is 2.51. The molecule has 1 rings (SSSR count). The molecule has 1 aliphatic carbocycles. The van der Waals surface area contributed by atoms with E-state index < -0.39 is 0 Å². The fourth-order valence-electron chi connectivity index (χ4n) is 0.340. The second-order valence-electron chi connectivity index (χ2n) is 1.00. The molecular formula is C6H8ClO2V-. The first-order chi connectivity index (χ1) is 4.50. The van der Waals surface area contributed by atoms with Crippen LogP contribution >= 0.6 is 0 Å². The predicted molar refractivity (Wildman–Crippen MR) is 28.2 cm³/mol. The fourth-order valence-corrected chi connectivity index (χ4v) is 0.340. The number of allylic oxidation sites excluding steroid dienone is 4. The van der Waals surface area contributed by atoms with Gasteiger partial charge in [-0.25, -0.2) is 12.2 Å². The summed E-state index contributed by atoms with van der Waals surface area (Å²) in [7, 11) is 0.750. The molecule has 0 aromatic carbocycles. The van der Waals surface area contributed by atoms with Crippen LogP contribution in [0.25, 0.3) is 0 Å². The molecule has 4 heteroatoms. The summed E-state index contributed by atoms with van der Waals surface area (Å²) in [6, 6.07) is 0. The van der Waals surface area contributed by atoms with E-state index in [2.05, 4.69) is 12.2 Å². The Kier molecular flexibility index (Phi) is 38.1. The van der Waals surface area contributed by atoms with Crippen molar-refractivity contribution in [3.63, 3.8) is 0 Å². The molecule has 0 amide bonds. The van der Waals surface area contributed by atoms with Crippen LogP contribution in [-0.4, -0.2) is 7.11 Å². The molecule has 0 N–H and O–H groups in total. The third-order valence-corrected chi connectivity index (χ3v) is 0.586. The molecule has 0 aliphatic heterocycles. The van der Waals surface area contributed by atoms with Crippen LogP contribution in [0.4, 0.5) is 0 Å². The standard InChI is InChI=1S/C5H5.CH3O.ClH.O.V/c1-2-4-5-3-1;1-2;;;/h1-3H,4H2;1H3;1H;;/q2*-1;;;+2/p-1. The quantitative estimate of drug-likeness (QED) is 0.394. The number of hydrogen-bond donors (Lipinski definition) is 0. The van der Waals surface area contributed by atoms with Gasteiger partial charge >= 0.3 is 21.0 Å². The summed E-state index contributed by atoms with van der Waals surface area (Å²) >= 11 is 1.06. The van der Waals surface area contributed by atoms with Crippen LogP contribution in [0.3, 0.4) is 0 Å². The van der Waals surface area contributed by atoms with Crippen molar-refractivity contribution in [2.24, 2.45) is 0 Å². The molecule has 0 aromatic rings. The van der Waals surface area contributed by atoms with Crippen LogP contribution in [0.1, 0.15) is 6.42 Å². The van der Waals surface area contributed by atoms with Crippen molar-refractivity contribution in [2.45, 2.75) is 6.42 Å². The van der Waals surface area contributed by atoms with E-state index in [0.29, 0.717) is 0 Å². The first-order valence-electron chi connectivity index (χ1n) is 2.31. The number of halogens is 1. The van der Waals surface area contributed by atoms with E-state index in [-0.39, 0.29) is 12.4 Å². The molecule has 0 saturated heterocycles. The van der Waals surface area contributed by atoms with Crippen molar-refractivity contribution >= 4 is 0 Å². The molecule has 0 fully saturated rings. The Balaban J connectivity index is -0.0000000875. The van der Waals surface area contributed by atoms with Crippen LogP contribution in [-0.2, 0) is 21.0 Å². The SMILES string of the molecule is C[O-].[C-]1=CC=CC1.[Cl-].[O]=[V+2]. The number of hydrogen-bond acceptors (Lipinski definition) is 2. The van der Waals surface area contributed by atoms with Crippen molar-refractivity contribution in [2.75, 3.05) is 7.11 Å². The van der Waals surface area contributed by atoms with Gasteiger partial charge in [-0.05, 0) is 0 Å². The molecule has 2 nitrogen and oxygen atoms in total. The third kappa shape index (κ3) is 15.7. The Labute approximate surface area is 76.6 Å². The molecule has 0 atom stereocenters. The summed E-state index contributed by atoms with van der Waals surface area (Å²) in [5, 5.41) is 8.25. The fraction of sp³-hybridized carbons (Fsp3) is 0.333. The van der Waals surface area contributed by atoms with Gasteiger partial charge in [0.1, 0.15) is 0 Å². The predicted octanol–water partition coefficient (Wildman–Crippen LogP) is -2.84. The van der Waals surface area contributed by atoms with Crippen LogP contribution in [0.2, 0.25) is 0 Å². The van der Waals surface area contributed by atoms with Crippen molar-refractivity contribution < 1.29 is 38.6 Å². The van der Waals surface area contributed by atoms with Gasteiger partial charge in [0.05, 0.1) is 0 Å². The van der Waals surface area contributed by atoms with Gasteiger partial charge in [0.25, 0.3) is 0 Å². The Bertz CT molecular complexity index is 83.7. The van der Waals surface area contributed by atoms with Crippen molar-refractivity contribution in [3.05, 3.63) is 24.3 Å². The summed E-state index contributed by atoms with van der Waals surface area (Å²) in [5.41, 5.74) is 0. The Morgan fingerprint density at radius 1 is 1.50 bits per heavy atom. The van der Waals surface area contributed by atoms with Crippen LogP contribution in [0.15, 0.2) is 18.2 Å². The van der Waals surface area contributed by atoms with Crippen molar-refractivity contribution in [1.82, 2.24) is 0 Å². The molecule has 0 spiro atoms. The molecule has 0 radical (unpaired) electrons. The molecule has 0 aromatic heterocycles. The zero-order valence-electron chi connectivity index (χ0n) is 5.58. The Morgan fingerprint density at radius 2 is 2.00 bits per heavy atom. The van der Waals surface area contributed by atoms with Gasteiger partial charge in [-0.2, -0.15) is 13.2 Å². The summed E-state index contributed by atoms with van der Waals surface area (Å²) in [4.78, 5) is 0. The van der Waals surface area contributed by atoms with Crippen LogP contribution < -0.4 is 17.5 Å². The summed E-state index contributed by atoms with van der Waals surface area (Å²) in [6.07, 6.45) is 10.0. The average molecular weight is 199 g/mol. The maximum atomic E-state index is 8.25. The first kappa shape index (κ1) is 16.6. The minimum atomic E-state index is 0. The van der Waals surface area contributed by atoms with E-state index >= 15 is 0 Å². The monoisotopic (exact) mass is 198 g/mol. The van der Waals surface area contributed by atoms with Gasteiger partial charge in [0.15, 0.2) is 0 Å². The van der Waals surface area contributed by atoms with E-state index in [4.69, 9.17) is 8.78 Å². The van der Waals surface area contributed by atoms with Crippen molar-refractivity contribution in [1.29, 1.82) is 0 Å². The Morgan fingerprint density at radius 3 is 2.10 bits per heavy atom. The minimum absolute atomic E-state index is 0. The second-order valence-corrected chi connectivity index (χ2v) is 1.00. The second kappa shape index (κ2) is 22.9. The topological polar surface area (TPSA) is 40.1 Å². The molecule has 1 aliphatic rings. The van der Waals surface area contributed by atoms with E-state index in [9.17, 15) is 0 Å². The Hall–Kier alpha value is 0.114. The van der Waals surface area contributed by atoms with Crippen molar-refractivity contribution in [3.8, 4) is 0 Å². The summed E-state index contributed by atoms with van der Waals surface area (Å²) in [5.74, 6) is 0. The van der Waals surface area contributed by atoms with Crippen LogP contribution in [0.5, 0.6) is 0 Å². The van der Waals surface area contributed by atoms with Gasteiger partial charge in [-0.1, -0.05) is 0 Å². The van der Waals surface area contributed by atoms with E-state index in [0.717, 1.165) is 30.9 Å². The van der Waals surface area contributed by atoms with Gasteiger partial charge in [0, 0.05) is 0 Å². The van der Waals surface area contributed by atoms with Gasteiger partial charge in [-0.3, -0.25) is 6.08 Å². The maximum absolute atomic E-state index is 8.25. The molecule has 0 bridgehead atoms. The molecule has 0 saturated carbocycles. The zero-order valence-corrected chi connectivity index (χ0v) is 7.73. The van der Waals surface area contributed by atoms with Crippen LogP contribution in [0, 0.1) is 6.08 Å². The third-order valence-electron chi connectivity index (χ3n) is 0.586. The normalized spacial score (nSPS) is 10.0. The van der Waals surface area contributed by atoms with Gasteiger partial charge < -0.3 is 17.5 Å². The molecule has 57 valence electrons. The molecular weight excluding hydrogens is 190 g/mol. The van der Waals surface area contributed by atoms with E-state index in [1.165, 1.54) is 0 Å². The molecule has 0 unspecified atom stereocenters. The molecule has 10 heavy (non-hydrogen) atoms. The zero-order chi connectivity index (χ0) is 7.54. The number of rotatable bonds is 0. The van der Waals surface area contributed by atoms with Gasteiger partial charge in [0.2, 0.25) is 0 Å². The van der Waals surface area contributed by atoms with E-state index in [1.54, 1.807) is 0 Å². The van der Waals surface area contributed by atoms with Gasteiger partial charge in [-0.15, -0.1) is 6.42 Å². The van der Waals surface area contributed by atoms with E-state index in [1.807, 2.05) is 12.2 Å². The summed E-state index contributed by atoms with van der Waals surface area (Å²) in [6.45, 7) is 0. The first-order valence-corrected chi connectivity index (χ1v) is 2.88.